The molecule has 0 fully saturated rings. The monoisotopic (exact) mass is 324 g/mol. The Labute approximate surface area is 110 Å². The van der Waals surface area contributed by atoms with Crippen molar-refractivity contribution in [2.24, 2.45) is 0 Å². The minimum atomic E-state index is 0.625. The van der Waals surface area contributed by atoms with Gasteiger partial charge in [0, 0.05) is 0 Å². The van der Waals surface area contributed by atoms with Gasteiger partial charge in [0.05, 0.1) is 3.57 Å². The van der Waals surface area contributed by atoms with Crippen LogP contribution in [0.4, 0.5) is 0 Å². The lowest BCUT2D eigenvalue weighted by Gasteiger charge is -2.08. The molecule has 0 unspecified atom stereocenters. The average Bonchev–Trinajstić information content (AvgIpc) is 2.30. The summed E-state index contributed by atoms with van der Waals surface area (Å²) in [6, 6.07) is 16.5. The van der Waals surface area contributed by atoms with Gasteiger partial charge in [0.15, 0.2) is 0 Å². The first kappa shape index (κ1) is 11.5. The molecule has 82 valence electrons. The molecule has 0 aromatic heterocycles. The Morgan fingerprint density at radius 1 is 1.00 bits per heavy atom. The Kier molecular flexibility index (Phi) is 3.83. The number of aryl methyl sites for hydroxylation is 1. The van der Waals surface area contributed by atoms with E-state index in [4.69, 9.17) is 4.74 Å². The normalized spacial score (nSPS) is 10.1. The zero-order valence-electron chi connectivity index (χ0n) is 9.11. The SMILES string of the molecule is Cc1ccc(COc2ccccc2I)cc1. The van der Waals surface area contributed by atoms with Crippen molar-refractivity contribution in [1.82, 2.24) is 0 Å². The first-order chi connectivity index (χ1) is 7.75. The molecule has 0 aliphatic heterocycles. The summed E-state index contributed by atoms with van der Waals surface area (Å²) in [7, 11) is 0. The topological polar surface area (TPSA) is 9.23 Å². The van der Waals surface area contributed by atoms with Gasteiger partial charge in [0.25, 0.3) is 0 Å². The summed E-state index contributed by atoms with van der Waals surface area (Å²) < 4.78 is 6.90. The maximum absolute atomic E-state index is 5.76. The van der Waals surface area contributed by atoms with Gasteiger partial charge in [-0.1, -0.05) is 42.0 Å². The van der Waals surface area contributed by atoms with Gasteiger partial charge in [-0.3, -0.25) is 0 Å². The lowest BCUT2D eigenvalue weighted by atomic mass is 10.2. The van der Waals surface area contributed by atoms with Crippen molar-refractivity contribution >= 4 is 22.6 Å². The van der Waals surface area contributed by atoms with Crippen molar-refractivity contribution in [3.8, 4) is 5.75 Å². The highest BCUT2D eigenvalue weighted by atomic mass is 127. The quantitative estimate of drug-likeness (QED) is 0.770. The molecule has 2 aromatic rings. The molecule has 1 nitrogen and oxygen atoms in total. The van der Waals surface area contributed by atoms with E-state index in [0.717, 1.165) is 9.32 Å². The average molecular weight is 324 g/mol. The Balaban J connectivity index is 2.02. The van der Waals surface area contributed by atoms with Crippen molar-refractivity contribution in [3.05, 3.63) is 63.2 Å². The smallest absolute Gasteiger partial charge is 0.133 e. The van der Waals surface area contributed by atoms with Crippen LogP contribution >= 0.6 is 22.6 Å². The van der Waals surface area contributed by atoms with Crippen molar-refractivity contribution < 1.29 is 4.74 Å². The second-order valence-electron chi connectivity index (χ2n) is 3.70. The van der Waals surface area contributed by atoms with Crippen LogP contribution in [0, 0.1) is 10.5 Å². The van der Waals surface area contributed by atoms with E-state index in [1.807, 2.05) is 24.3 Å². The second kappa shape index (κ2) is 5.34. The van der Waals surface area contributed by atoms with Crippen molar-refractivity contribution in [2.75, 3.05) is 0 Å². The van der Waals surface area contributed by atoms with Crippen LogP contribution in [-0.4, -0.2) is 0 Å². The number of para-hydroxylation sites is 1. The van der Waals surface area contributed by atoms with Gasteiger partial charge in [-0.25, -0.2) is 0 Å². The number of hydrogen-bond donors (Lipinski definition) is 0. The summed E-state index contributed by atoms with van der Waals surface area (Å²) >= 11 is 2.28. The van der Waals surface area contributed by atoms with E-state index < -0.39 is 0 Å². The number of rotatable bonds is 3. The highest BCUT2D eigenvalue weighted by Crippen LogP contribution is 2.20. The molecule has 0 amide bonds. The van der Waals surface area contributed by atoms with E-state index in [9.17, 15) is 0 Å². The second-order valence-corrected chi connectivity index (χ2v) is 4.87. The summed E-state index contributed by atoms with van der Waals surface area (Å²) in [6.45, 7) is 2.71. The molecule has 0 N–H and O–H groups in total. The molecule has 0 aliphatic rings. The van der Waals surface area contributed by atoms with Gasteiger partial charge < -0.3 is 4.74 Å². The first-order valence-electron chi connectivity index (χ1n) is 5.18. The van der Waals surface area contributed by atoms with Crippen LogP contribution in [-0.2, 0) is 6.61 Å². The molecular formula is C14H13IO. The molecule has 0 saturated carbocycles. The summed E-state index contributed by atoms with van der Waals surface area (Å²) in [5.41, 5.74) is 2.48. The molecule has 0 spiro atoms. The summed E-state index contributed by atoms with van der Waals surface area (Å²) in [4.78, 5) is 0. The fourth-order valence-electron chi connectivity index (χ4n) is 1.41. The number of benzene rings is 2. The van der Waals surface area contributed by atoms with Gasteiger partial charge in [-0.2, -0.15) is 0 Å². The minimum absolute atomic E-state index is 0.625. The van der Waals surface area contributed by atoms with E-state index in [0.29, 0.717) is 6.61 Å². The van der Waals surface area contributed by atoms with Crippen molar-refractivity contribution in [1.29, 1.82) is 0 Å². The van der Waals surface area contributed by atoms with Crippen LogP contribution in [0.5, 0.6) is 5.75 Å². The molecule has 2 rings (SSSR count). The van der Waals surface area contributed by atoms with Crippen LogP contribution in [0.3, 0.4) is 0 Å². The van der Waals surface area contributed by atoms with Gasteiger partial charge in [-0.05, 0) is 47.2 Å². The molecule has 0 heterocycles. The predicted molar refractivity (Wildman–Crippen MR) is 74.7 cm³/mol. The number of ether oxygens (including phenoxy) is 1. The number of halogens is 1. The zero-order chi connectivity index (χ0) is 11.4. The molecule has 0 saturated heterocycles. The molecule has 0 atom stereocenters. The summed E-state index contributed by atoms with van der Waals surface area (Å²) in [5, 5.41) is 0. The Hall–Kier alpha value is -1.03. The molecule has 2 heteroatoms. The Morgan fingerprint density at radius 3 is 2.38 bits per heavy atom. The molecule has 0 aliphatic carbocycles. The van der Waals surface area contributed by atoms with E-state index in [1.165, 1.54) is 11.1 Å². The van der Waals surface area contributed by atoms with Crippen LogP contribution in [0.1, 0.15) is 11.1 Å². The molecular weight excluding hydrogens is 311 g/mol. The zero-order valence-corrected chi connectivity index (χ0v) is 11.3. The molecule has 16 heavy (non-hydrogen) atoms. The fraction of sp³-hybridized carbons (Fsp3) is 0.143. The third-order valence-corrected chi connectivity index (χ3v) is 3.24. The van der Waals surface area contributed by atoms with Crippen molar-refractivity contribution in [2.45, 2.75) is 13.5 Å². The lowest BCUT2D eigenvalue weighted by Crippen LogP contribution is -1.96. The van der Waals surface area contributed by atoms with E-state index >= 15 is 0 Å². The van der Waals surface area contributed by atoms with Crippen LogP contribution in [0.25, 0.3) is 0 Å². The fourth-order valence-corrected chi connectivity index (χ4v) is 1.95. The molecule has 2 aromatic carbocycles. The van der Waals surface area contributed by atoms with Gasteiger partial charge in [-0.15, -0.1) is 0 Å². The number of hydrogen-bond acceptors (Lipinski definition) is 1. The van der Waals surface area contributed by atoms with E-state index in [2.05, 4.69) is 53.8 Å². The van der Waals surface area contributed by atoms with Crippen LogP contribution in [0.15, 0.2) is 48.5 Å². The van der Waals surface area contributed by atoms with Crippen molar-refractivity contribution in [3.63, 3.8) is 0 Å². The van der Waals surface area contributed by atoms with E-state index in [-0.39, 0.29) is 0 Å². The Bertz CT molecular complexity index is 462. The maximum atomic E-state index is 5.76. The highest BCUT2D eigenvalue weighted by molar-refractivity contribution is 14.1. The Morgan fingerprint density at radius 2 is 1.69 bits per heavy atom. The summed E-state index contributed by atoms with van der Waals surface area (Å²) in [5.74, 6) is 0.948. The lowest BCUT2D eigenvalue weighted by molar-refractivity contribution is 0.304. The van der Waals surface area contributed by atoms with Crippen LogP contribution < -0.4 is 4.74 Å². The van der Waals surface area contributed by atoms with E-state index in [1.54, 1.807) is 0 Å². The summed E-state index contributed by atoms with van der Waals surface area (Å²) in [6.07, 6.45) is 0. The maximum Gasteiger partial charge on any atom is 0.133 e. The van der Waals surface area contributed by atoms with Crippen LogP contribution in [0.2, 0.25) is 0 Å². The minimum Gasteiger partial charge on any atom is -0.488 e. The van der Waals surface area contributed by atoms with Gasteiger partial charge in [0.1, 0.15) is 12.4 Å². The molecule has 0 bridgehead atoms. The third kappa shape index (κ3) is 2.98. The third-order valence-electron chi connectivity index (χ3n) is 2.35. The largest absolute Gasteiger partial charge is 0.488 e. The first-order valence-corrected chi connectivity index (χ1v) is 6.26. The predicted octanol–water partition coefficient (Wildman–Crippen LogP) is 4.18. The standard InChI is InChI=1S/C14H13IO/c1-11-6-8-12(9-7-11)10-16-14-5-3-2-4-13(14)15/h2-9H,10H2,1H3. The van der Waals surface area contributed by atoms with Gasteiger partial charge in [0.2, 0.25) is 0 Å². The van der Waals surface area contributed by atoms with Gasteiger partial charge >= 0.3 is 0 Å². The highest BCUT2D eigenvalue weighted by Gasteiger charge is 1.99. The molecule has 0 radical (unpaired) electrons.